The van der Waals surface area contributed by atoms with Crippen molar-refractivity contribution in [3.63, 3.8) is 0 Å². The number of imidazole rings is 1. The molecular weight excluding hydrogens is 332 g/mol. The molecule has 0 radical (unpaired) electrons. The van der Waals surface area contributed by atoms with E-state index in [1.165, 1.54) is 0 Å². The van der Waals surface area contributed by atoms with E-state index in [0.29, 0.717) is 12.1 Å². The first-order valence-corrected chi connectivity index (χ1v) is 8.92. The van der Waals surface area contributed by atoms with Crippen molar-refractivity contribution in [1.29, 1.82) is 0 Å². The molecule has 134 valence electrons. The van der Waals surface area contributed by atoms with Gasteiger partial charge in [-0.15, -0.1) is 10.2 Å². The van der Waals surface area contributed by atoms with Gasteiger partial charge in [0.05, 0.1) is 35.8 Å². The quantitative estimate of drug-likeness (QED) is 0.713. The highest BCUT2D eigenvalue weighted by Crippen LogP contribution is 2.35. The minimum absolute atomic E-state index is 0.00952. The second-order valence-electron chi connectivity index (χ2n) is 6.94. The molecule has 8 nitrogen and oxygen atoms in total. The average molecular weight is 352 g/mol. The first-order valence-electron chi connectivity index (χ1n) is 8.92. The van der Waals surface area contributed by atoms with Crippen LogP contribution in [0, 0.1) is 0 Å². The van der Waals surface area contributed by atoms with E-state index in [4.69, 9.17) is 4.74 Å². The van der Waals surface area contributed by atoms with Crippen LogP contribution in [0.3, 0.4) is 0 Å². The minimum atomic E-state index is -0.106. The number of nitrogens with zero attached hydrogens (tertiary/aromatic N) is 6. The van der Waals surface area contributed by atoms with E-state index in [2.05, 4.69) is 19.7 Å². The summed E-state index contributed by atoms with van der Waals surface area (Å²) in [5, 5.41) is 8.72. The zero-order chi connectivity index (χ0) is 17.7. The van der Waals surface area contributed by atoms with Crippen LogP contribution >= 0.6 is 0 Å². The number of aryl methyl sites for hydroxylation is 1. The van der Waals surface area contributed by atoms with Crippen LogP contribution in [0.1, 0.15) is 40.9 Å². The van der Waals surface area contributed by atoms with Gasteiger partial charge in [0, 0.05) is 39.2 Å². The van der Waals surface area contributed by atoms with E-state index < -0.39 is 0 Å². The van der Waals surface area contributed by atoms with Crippen molar-refractivity contribution in [2.24, 2.45) is 0 Å². The van der Waals surface area contributed by atoms with Crippen LogP contribution in [0.4, 0.5) is 0 Å². The Morgan fingerprint density at radius 2 is 2.23 bits per heavy atom. The number of ether oxygens (including phenoxy) is 1. The zero-order valence-corrected chi connectivity index (χ0v) is 14.6. The van der Waals surface area contributed by atoms with Gasteiger partial charge in [-0.05, 0) is 18.6 Å². The molecule has 8 heteroatoms. The lowest BCUT2D eigenvalue weighted by Gasteiger charge is -2.24. The van der Waals surface area contributed by atoms with Gasteiger partial charge in [-0.1, -0.05) is 0 Å². The number of aromatic nitrogens is 5. The number of carbonyl (C=O) groups is 1. The Labute approximate surface area is 150 Å². The molecule has 5 heterocycles. The minimum Gasteiger partial charge on any atom is -0.380 e. The number of amides is 1. The molecule has 0 aromatic carbocycles. The summed E-state index contributed by atoms with van der Waals surface area (Å²) < 4.78 is 9.60. The van der Waals surface area contributed by atoms with E-state index in [1.54, 1.807) is 19.6 Å². The molecule has 0 bridgehead atoms. The maximum absolute atomic E-state index is 13.3. The highest BCUT2D eigenvalue weighted by atomic mass is 16.5. The van der Waals surface area contributed by atoms with Crippen LogP contribution in [-0.4, -0.2) is 54.7 Å². The third-order valence-corrected chi connectivity index (χ3v) is 5.45. The Bertz CT molecular complexity index is 977. The van der Waals surface area contributed by atoms with Gasteiger partial charge in [0.25, 0.3) is 5.91 Å². The van der Waals surface area contributed by atoms with Gasteiger partial charge in [0.2, 0.25) is 0 Å². The largest absolute Gasteiger partial charge is 0.380 e. The van der Waals surface area contributed by atoms with Crippen LogP contribution in [0.5, 0.6) is 0 Å². The molecule has 0 spiro atoms. The van der Waals surface area contributed by atoms with E-state index in [0.717, 1.165) is 43.0 Å². The number of methoxy groups -OCH3 is 1. The van der Waals surface area contributed by atoms with Crippen molar-refractivity contribution in [3.8, 4) is 0 Å². The molecule has 1 fully saturated rings. The summed E-state index contributed by atoms with van der Waals surface area (Å²) >= 11 is 0. The fourth-order valence-electron chi connectivity index (χ4n) is 4.07. The third kappa shape index (κ3) is 2.33. The molecule has 0 unspecified atom stereocenters. The first-order chi connectivity index (χ1) is 12.7. The van der Waals surface area contributed by atoms with Gasteiger partial charge < -0.3 is 18.6 Å². The van der Waals surface area contributed by atoms with Crippen LogP contribution in [0.2, 0.25) is 0 Å². The fourth-order valence-corrected chi connectivity index (χ4v) is 4.07. The number of rotatable bonds is 3. The Kier molecular flexibility index (Phi) is 3.53. The Balaban J connectivity index is 1.51. The molecule has 3 aromatic heterocycles. The maximum Gasteiger partial charge on any atom is 0.256 e. The van der Waals surface area contributed by atoms with Crippen LogP contribution in [0.15, 0.2) is 30.9 Å². The smallest absolute Gasteiger partial charge is 0.256 e. The lowest BCUT2D eigenvalue weighted by molar-refractivity contribution is 0.0682. The van der Waals surface area contributed by atoms with Gasteiger partial charge in [-0.2, -0.15) is 0 Å². The van der Waals surface area contributed by atoms with Crippen LogP contribution in [-0.2, 0) is 17.7 Å². The molecule has 26 heavy (non-hydrogen) atoms. The summed E-state index contributed by atoms with van der Waals surface area (Å²) in [6.07, 6.45) is 8.10. The lowest BCUT2D eigenvalue weighted by atomic mass is 10.1. The van der Waals surface area contributed by atoms with Gasteiger partial charge in [0.1, 0.15) is 5.82 Å². The molecule has 0 aliphatic carbocycles. The summed E-state index contributed by atoms with van der Waals surface area (Å²) in [4.78, 5) is 19.3. The molecule has 3 aromatic rings. The van der Waals surface area contributed by atoms with E-state index >= 15 is 0 Å². The van der Waals surface area contributed by atoms with Gasteiger partial charge in [0.15, 0.2) is 5.82 Å². The number of carbonyl (C=O) groups excluding carboxylic acids is 1. The van der Waals surface area contributed by atoms with E-state index in [9.17, 15) is 4.79 Å². The van der Waals surface area contributed by atoms with E-state index in [-0.39, 0.29) is 18.1 Å². The summed E-state index contributed by atoms with van der Waals surface area (Å²) in [6.45, 7) is 1.49. The molecule has 1 saturated heterocycles. The molecule has 5 rings (SSSR count). The lowest BCUT2D eigenvalue weighted by Crippen LogP contribution is -2.33. The standard InChI is InChI=1S/C18H20N6O2/c1-26-14-7-15(17-21-20-16-3-2-6-23(16)17)24(10-14)18(25)12-4-5-13-8-19-11-22(13)9-12/h4-5,8-9,11,14-15H,2-3,6-7,10H2,1H3/t14-,15+/m1/s1. The fraction of sp³-hybridized carbons (Fsp3) is 0.444. The molecule has 1 amide bonds. The van der Waals surface area contributed by atoms with Crippen molar-refractivity contribution in [1.82, 2.24) is 29.0 Å². The zero-order valence-electron chi connectivity index (χ0n) is 14.6. The molecule has 2 aliphatic heterocycles. The second-order valence-corrected chi connectivity index (χ2v) is 6.94. The predicted octanol–water partition coefficient (Wildman–Crippen LogP) is 1.47. The van der Waals surface area contributed by atoms with Crippen LogP contribution < -0.4 is 0 Å². The highest BCUT2D eigenvalue weighted by molar-refractivity contribution is 5.94. The first kappa shape index (κ1) is 15.5. The Hall–Kier alpha value is -2.74. The number of pyridine rings is 1. The Morgan fingerprint density at radius 1 is 1.31 bits per heavy atom. The molecule has 0 N–H and O–H groups in total. The Morgan fingerprint density at radius 3 is 3.12 bits per heavy atom. The van der Waals surface area contributed by atoms with Crippen LogP contribution in [0.25, 0.3) is 5.52 Å². The number of fused-ring (bicyclic) bond motifs is 2. The predicted molar refractivity (Wildman–Crippen MR) is 92.7 cm³/mol. The topological polar surface area (TPSA) is 77.6 Å². The molecule has 2 atom stereocenters. The molecule has 2 aliphatic rings. The highest BCUT2D eigenvalue weighted by Gasteiger charge is 2.40. The average Bonchev–Trinajstić information content (AvgIpc) is 3.42. The third-order valence-electron chi connectivity index (χ3n) is 5.45. The summed E-state index contributed by atoms with van der Waals surface area (Å²) in [7, 11) is 1.70. The summed E-state index contributed by atoms with van der Waals surface area (Å²) in [5.74, 6) is 1.89. The number of likely N-dealkylation sites (tertiary alicyclic amines) is 1. The SMILES string of the molecule is CO[C@@H]1C[C@@H](c2nnc3n2CCC3)N(C(=O)c2ccc3cncn3c2)C1. The van der Waals surface area contributed by atoms with Crippen molar-refractivity contribution >= 4 is 11.4 Å². The number of hydrogen-bond donors (Lipinski definition) is 0. The molecular formula is C18H20N6O2. The molecule has 0 saturated carbocycles. The van der Waals surface area contributed by atoms with Gasteiger partial charge in [-0.25, -0.2) is 4.98 Å². The second kappa shape index (κ2) is 5.91. The van der Waals surface area contributed by atoms with Gasteiger partial charge in [-0.3, -0.25) is 4.79 Å². The summed E-state index contributed by atoms with van der Waals surface area (Å²) in [6, 6.07) is 3.66. The van der Waals surface area contributed by atoms with Crippen molar-refractivity contribution in [2.75, 3.05) is 13.7 Å². The van der Waals surface area contributed by atoms with Crippen molar-refractivity contribution < 1.29 is 9.53 Å². The monoisotopic (exact) mass is 352 g/mol. The summed E-state index contributed by atoms with van der Waals surface area (Å²) in [5.41, 5.74) is 1.60. The van der Waals surface area contributed by atoms with E-state index in [1.807, 2.05) is 27.6 Å². The number of hydrogen-bond acceptors (Lipinski definition) is 5. The maximum atomic E-state index is 13.3. The van der Waals surface area contributed by atoms with Gasteiger partial charge >= 0.3 is 0 Å². The normalized spacial score (nSPS) is 22.3. The van der Waals surface area contributed by atoms with Crippen molar-refractivity contribution in [2.45, 2.75) is 38.0 Å². The van der Waals surface area contributed by atoms with Crippen molar-refractivity contribution in [3.05, 3.63) is 48.1 Å².